The first kappa shape index (κ1) is 33.6. The summed E-state index contributed by atoms with van der Waals surface area (Å²) < 4.78 is 12.5. The van der Waals surface area contributed by atoms with E-state index >= 15 is 0 Å². The number of nitrogens with zero attached hydrogens (tertiary/aromatic N) is 2. The summed E-state index contributed by atoms with van der Waals surface area (Å²) in [5, 5.41) is 0. The van der Waals surface area contributed by atoms with Crippen LogP contribution >= 0.6 is 0 Å². The van der Waals surface area contributed by atoms with Crippen LogP contribution in [-0.4, -0.2) is 62.3 Å². The van der Waals surface area contributed by atoms with Gasteiger partial charge in [-0.3, -0.25) is 0 Å². The molecule has 2 atom stereocenters. The molecule has 0 bridgehead atoms. The van der Waals surface area contributed by atoms with Gasteiger partial charge in [0.2, 0.25) is 0 Å². The highest BCUT2D eigenvalue weighted by Gasteiger charge is 2.24. The highest BCUT2D eigenvalue weighted by molar-refractivity contribution is 5.43. The maximum absolute atomic E-state index is 6.26. The molecule has 0 radical (unpaired) electrons. The molecule has 222 valence electrons. The number of hydrogen-bond acceptors (Lipinski definition) is 4. The lowest BCUT2D eigenvalue weighted by molar-refractivity contribution is 0.221. The molecule has 0 saturated carbocycles. The van der Waals surface area contributed by atoms with Crippen LogP contribution in [0, 0.1) is 0 Å². The zero-order chi connectivity index (χ0) is 29.3. The molecule has 4 heteroatoms. The first-order chi connectivity index (χ1) is 19.5. The van der Waals surface area contributed by atoms with Crippen LogP contribution in [0.3, 0.4) is 0 Å². The lowest BCUT2D eigenvalue weighted by atomic mass is 9.77. The molecule has 0 aliphatic carbocycles. The van der Waals surface area contributed by atoms with Gasteiger partial charge in [0.05, 0.1) is 0 Å². The van der Waals surface area contributed by atoms with Crippen LogP contribution in [0.2, 0.25) is 0 Å². The van der Waals surface area contributed by atoms with Crippen molar-refractivity contribution in [1.82, 2.24) is 9.80 Å². The second-order valence-electron chi connectivity index (χ2n) is 10.5. The normalized spacial score (nSPS) is 12.9. The summed E-state index contributed by atoms with van der Waals surface area (Å²) in [6, 6.07) is 13.7. The van der Waals surface area contributed by atoms with Gasteiger partial charge in [-0.1, -0.05) is 78.0 Å². The van der Waals surface area contributed by atoms with Gasteiger partial charge < -0.3 is 19.3 Å². The third-order valence-electron chi connectivity index (χ3n) is 8.24. The molecular formula is C36H56N2O2. The van der Waals surface area contributed by atoms with Crippen LogP contribution in [0.15, 0.2) is 61.7 Å². The minimum absolute atomic E-state index is 0.421. The highest BCUT2D eigenvalue weighted by Crippen LogP contribution is 2.40. The van der Waals surface area contributed by atoms with Crippen LogP contribution in [0.5, 0.6) is 11.5 Å². The van der Waals surface area contributed by atoms with Gasteiger partial charge in [0.1, 0.15) is 24.7 Å². The molecule has 2 unspecified atom stereocenters. The molecule has 0 saturated heterocycles. The minimum atomic E-state index is 0.421. The smallest absolute Gasteiger partial charge is 0.122 e. The summed E-state index contributed by atoms with van der Waals surface area (Å²) in [6.07, 6.45) is 7.74. The summed E-state index contributed by atoms with van der Waals surface area (Å²) in [7, 11) is 0. The lowest BCUT2D eigenvalue weighted by Crippen LogP contribution is -2.28. The number of hydrogen-bond donors (Lipinski definition) is 0. The first-order valence-corrected chi connectivity index (χ1v) is 15.7. The van der Waals surface area contributed by atoms with Crippen molar-refractivity contribution in [2.24, 2.45) is 0 Å². The number of ether oxygens (including phenoxy) is 2. The summed E-state index contributed by atoms with van der Waals surface area (Å²) in [6.45, 7) is 28.9. The standard InChI is InChI=1S/C36H56N2O2/c1-9-17-31-27-29(19-21-35(31)39-25-23-37(13-5)14-6)33(11-3)34(12-4)30-20-22-36(32(28-30)18-10-2)40-26-24-38(15-7)16-8/h9-10,19-22,27-28,33-34H,1-2,11-18,23-26H2,3-8H3. The number of allylic oxidation sites excluding steroid dienone is 2. The van der Waals surface area contributed by atoms with Crippen LogP contribution in [0.25, 0.3) is 0 Å². The molecule has 2 aromatic rings. The summed E-state index contributed by atoms with van der Waals surface area (Å²) in [4.78, 5) is 4.78. The van der Waals surface area contributed by atoms with E-state index in [1.807, 2.05) is 12.2 Å². The quantitative estimate of drug-likeness (QED) is 0.147. The molecule has 0 heterocycles. The van der Waals surface area contributed by atoms with Crippen molar-refractivity contribution in [2.45, 2.75) is 79.1 Å². The number of rotatable bonds is 21. The molecule has 0 fully saturated rings. The lowest BCUT2D eigenvalue weighted by Gasteiger charge is -2.28. The molecule has 0 aromatic heterocycles. The fraction of sp³-hybridized carbons (Fsp3) is 0.556. The van der Waals surface area contributed by atoms with Gasteiger partial charge in [0, 0.05) is 13.1 Å². The average Bonchev–Trinajstić information content (AvgIpc) is 2.98. The highest BCUT2D eigenvalue weighted by atomic mass is 16.5. The van der Waals surface area contributed by atoms with E-state index in [0.717, 1.165) is 76.5 Å². The van der Waals surface area contributed by atoms with E-state index in [0.29, 0.717) is 25.0 Å². The zero-order valence-electron chi connectivity index (χ0n) is 26.4. The van der Waals surface area contributed by atoms with Crippen molar-refractivity contribution in [3.05, 3.63) is 84.0 Å². The molecule has 0 spiro atoms. The predicted octanol–water partition coefficient (Wildman–Crippen LogP) is 8.27. The van der Waals surface area contributed by atoms with Gasteiger partial charge in [-0.15, -0.1) is 13.2 Å². The maximum Gasteiger partial charge on any atom is 0.122 e. The molecule has 0 aliphatic heterocycles. The molecule has 4 nitrogen and oxygen atoms in total. The van der Waals surface area contributed by atoms with Gasteiger partial charge in [0.15, 0.2) is 0 Å². The van der Waals surface area contributed by atoms with E-state index in [9.17, 15) is 0 Å². The number of benzene rings is 2. The minimum Gasteiger partial charge on any atom is -0.492 e. The van der Waals surface area contributed by atoms with Crippen molar-refractivity contribution in [2.75, 3.05) is 52.5 Å². The fourth-order valence-corrected chi connectivity index (χ4v) is 5.73. The second kappa shape index (κ2) is 18.7. The Morgan fingerprint density at radius 2 is 1.00 bits per heavy atom. The van der Waals surface area contributed by atoms with Crippen molar-refractivity contribution in [3.8, 4) is 11.5 Å². The third-order valence-corrected chi connectivity index (χ3v) is 8.24. The third kappa shape index (κ3) is 9.82. The van der Waals surface area contributed by atoms with Gasteiger partial charge >= 0.3 is 0 Å². The fourth-order valence-electron chi connectivity index (χ4n) is 5.73. The molecule has 0 amide bonds. The predicted molar refractivity (Wildman–Crippen MR) is 173 cm³/mol. The monoisotopic (exact) mass is 548 g/mol. The summed E-state index contributed by atoms with van der Waals surface area (Å²) >= 11 is 0. The zero-order valence-corrected chi connectivity index (χ0v) is 26.4. The Balaban J connectivity index is 2.29. The van der Waals surface area contributed by atoms with Crippen LogP contribution in [0.1, 0.15) is 88.5 Å². The van der Waals surface area contributed by atoms with Crippen LogP contribution in [0.4, 0.5) is 0 Å². The second-order valence-corrected chi connectivity index (χ2v) is 10.5. The van der Waals surface area contributed by atoms with Crippen molar-refractivity contribution in [3.63, 3.8) is 0 Å². The molecule has 0 aliphatic rings. The Bertz CT molecular complexity index is 928. The SMILES string of the molecule is C=CCc1cc(C(CC)C(CC)c2ccc(OCCN(CC)CC)c(CC=C)c2)ccc1OCCN(CC)CC. The van der Waals surface area contributed by atoms with E-state index in [1.165, 1.54) is 22.3 Å². The van der Waals surface area contributed by atoms with Crippen molar-refractivity contribution in [1.29, 1.82) is 0 Å². The first-order valence-electron chi connectivity index (χ1n) is 15.7. The van der Waals surface area contributed by atoms with E-state index in [1.54, 1.807) is 0 Å². The largest absolute Gasteiger partial charge is 0.492 e. The summed E-state index contributed by atoms with van der Waals surface area (Å²) in [5.41, 5.74) is 5.22. The van der Waals surface area contributed by atoms with Gasteiger partial charge in [-0.25, -0.2) is 0 Å². The molecular weight excluding hydrogens is 492 g/mol. The Morgan fingerprint density at radius 3 is 1.30 bits per heavy atom. The number of likely N-dealkylation sites (N-methyl/N-ethyl adjacent to an activating group) is 2. The Hall–Kier alpha value is -2.56. The van der Waals surface area contributed by atoms with Crippen LogP contribution < -0.4 is 9.47 Å². The van der Waals surface area contributed by atoms with Crippen LogP contribution in [-0.2, 0) is 12.8 Å². The van der Waals surface area contributed by atoms with E-state index < -0.39 is 0 Å². The van der Waals surface area contributed by atoms with Gasteiger partial charge in [-0.2, -0.15) is 0 Å². The van der Waals surface area contributed by atoms with Crippen molar-refractivity contribution < 1.29 is 9.47 Å². The van der Waals surface area contributed by atoms with Gasteiger partial charge in [0.25, 0.3) is 0 Å². The Labute approximate surface area is 246 Å². The van der Waals surface area contributed by atoms with Gasteiger partial charge in [-0.05, 0) is 98.1 Å². The maximum atomic E-state index is 6.26. The molecule has 2 rings (SSSR count). The topological polar surface area (TPSA) is 24.9 Å². The van der Waals surface area contributed by atoms with E-state index in [-0.39, 0.29) is 0 Å². The Kier molecular flexibility index (Phi) is 15.7. The van der Waals surface area contributed by atoms with E-state index in [2.05, 4.69) is 101 Å². The Morgan fingerprint density at radius 1 is 0.625 bits per heavy atom. The average molecular weight is 549 g/mol. The molecule has 40 heavy (non-hydrogen) atoms. The van der Waals surface area contributed by atoms with E-state index in [4.69, 9.17) is 9.47 Å². The van der Waals surface area contributed by atoms with Crippen molar-refractivity contribution >= 4 is 0 Å². The summed E-state index contributed by atoms with van der Waals surface area (Å²) in [5.74, 6) is 2.81. The molecule has 0 N–H and O–H groups in total. The molecule has 2 aromatic carbocycles.